The summed E-state index contributed by atoms with van der Waals surface area (Å²) in [6.07, 6.45) is 0. The van der Waals surface area contributed by atoms with Gasteiger partial charge in [0.25, 0.3) is 11.6 Å². The molecular formula is C14H12FN3O3. The van der Waals surface area contributed by atoms with Crippen molar-refractivity contribution in [3.63, 3.8) is 0 Å². The average Bonchev–Trinajstić information content (AvgIpc) is 2.48. The Balaban J connectivity index is 2.05. The zero-order valence-corrected chi connectivity index (χ0v) is 10.9. The number of rotatable bonds is 4. The van der Waals surface area contributed by atoms with Gasteiger partial charge in [-0.15, -0.1) is 0 Å². The van der Waals surface area contributed by atoms with Crippen LogP contribution in [0.25, 0.3) is 0 Å². The van der Waals surface area contributed by atoms with Gasteiger partial charge in [0.15, 0.2) is 0 Å². The molecule has 0 aliphatic heterocycles. The molecule has 1 amide bonds. The summed E-state index contributed by atoms with van der Waals surface area (Å²) in [4.78, 5) is 22.0. The highest BCUT2D eigenvalue weighted by Gasteiger charge is 2.10. The van der Waals surface area contributed by atoms with Crippen LogP contribution < -0.4 is 11.1 Å². The van der Waals surface area contributed by atoms with E-state index >= 15 is 0 Å². The number of non-ortho nitro benzene ring substituents is 1. The Labute approximate surface area is 119 Å². The first kappa shape index (κ1) is 14.4. The molecular weight excluding hydrogens is 277 g/mol. The number of nitrogen functional groups attached to an aromatic ring is 1. The largest absolute Gasteiger partial charge is 0.396 e. The van der Waals surface area contributed by atoms with Gasteiger partial charge in [-0.05, 0) is 23.8 Å². The lowest BCUT2D eigenvalue weighted by molar-refractivity contribution is -0.384. The number of nitrogens with one attached hydrogen (secondary N) is 1. The van der Waals surface area contributed by atoms with Crippen molar-refractivity contribution in [2.75, 3.05) is 5.73 Å². The minimum Gasteiger partial charge on any atom is -0.396 e. The van der Waals surface area contributed by atoms with E-state index in [1.807, 2.05) is 0 Å². The summed E-state index contributed by atoms with van der Waals surface area (Å²) in [5.41, 5.74) is 5.95. The van der Waals surface area contributed by atoms with Gasteiger partial charge >= 0.3 is 0 Å². The lowest BCUT2D eigenvalue weighted by Crippen LogP contribution is -2.23. The van der Waals surface area contributed by atoms with E-state index in [4.69, 9.17) is 5.73 Å². The molecule has 6 nitrogen and oxygen atoms in total. The summed E-state index contributed by atoms with van der Waals surface area (Å²) in [6.45, 7) is 0.104. The van der Waals surface area contributed by atoms with Gasteiger partial charge in [-0.25, -0.2) is 4.39 Å². The summed E-state index contributed by atoms with van der Waals surface area (Å²) in [6, 6.07) is 9.65. The molecule has 0 unspecified atom stereocenters. The molecule has 21 heavy (non-hydrogen) atoms. The Morgan fingerprint density at radius 3 is 2.71 bits per heavy atom. The van der Waals surface area contributed by atoms with Gasteiger partial charge in [-0.2, -0.15) is 0 Å². The van der Waals surface area contributed by atoms with Gasteiger partial charge in [-0.3, -0.25) is 14.9 Å². The normalized spacial score (nSPS) is 10.1. The quantitative estimate of drug-likeness (QED) is 0.512. The number of nitrogens with zero attached hydrogens (tertiary/aromatic N) is 1. The van der Waals surface area contributed by atoms with E-state index in [-0.39, 0.29) is 23.5 Å². The number of nitro groups is 1. The number of anilines is 1. The van der Waals surface area contributed by atoms with E-state index in [9.17, 15) is 19.3 Å². The number of carbonyl (C=O) groups excluding carboxylic acids is 1. The molecule has 0 aliphatic rings. The molecule has 0 heterocycles. The molecule has 0 spiro atoms. The van der Waals surface area contributed by atoms with Crippen LogP contribution in [0.5, 0.6) is 0 Å². The maximum absolute atomic E-state index is 13.3. The fourth-order valence-electron chi connectivity index (χ4n) is 1.73. The Kier molecular flexibility index (Phi) is 4.13. The number of benzene rings is 2. The molecule has 2 rings (SSSR count). The van der Waals surface area contributed by atoms with Crippen molar-refractivity contribution in [3.05, 3.63) is 69.5 Å². The molecule has 2 aromatic carbocycles. The number of hydrogen-bond donors (Lipinski definition) is 2. The molecule has 0 bridgehead atoms. The Morgan fingerprint density at radius 1 is 1.29 bits per heavy atom. The van der Waals surface area contributed by atoms with E-state index in [0.29, 0.717) is 5.56 Å². The lowest BCUT2D eigenvalue weighted by atomic mass is 10.1. The fraction of sp³-hybridized carbons (Fsp3) is 0.0714. The molecule has 0 fully saturated rings. The van der Waals surface area contributed by atoms with Gasteiger partial charge in [-0.1, -0.05) is 12.1 Å². The second kappa shape index (κ2) is 6.00. The highest BCUT2D eigenvalue weighted by atomic mass is 19.1. The Hall–Kier alpha value is -2.96. The van der Waals surface area contributed by atoms with Crippen LogP contribution in [0.4, 0.5) is 15.8 Å². The van der Waals surface area contributed by atoms with E-state index in [1.54, 1.807) is 6.07 Å². The van der Waals surface area contributed by atoms with Gasteiger partial charge in [0, 0.05) is 24.2 Å². The predicted molar refractivity (Wildman–Crippen MR) is 75.1 cm³/mol. The van der Waals surface area contributed by atoms with E-state index in [2.05, 4.69) is 5.32 Å². The SMILES string of the molecule is Nc1ccc(C(=O)NCc2cccc([N+](=O)[O-])c2)cc1F. The maximum Gasteiger partial charge on any atom is 0.269 e. The van der Waals surface area contributed by atoms with Crippen LogP contribution >= 0.6 is 0 Å². The van der Waals surface area contributed by atoms with Crippen LogP contribution in [0.2, 0.25) is 0 Å². The number of nitrogens with two attached hydrogens (primary N) is 1. The molecule has 0 aromatic heterocycles. The van der Waals surface area contributed by atoms with Crippen molar-refractivity contribution in [1.29, 1.82) is 0 Å². The van der Waals surface area contributed by atoms with Crippen molar-refractivity contribution in [1.82, 2.24) is 5.32 Å². The maximum atomic E-state index is 13.3. The third-order valence-electron chi connectivity index (χ3n) is 2.84. The van der Waals surface area contributed by atoms with Crippen LogP contribution in [0.3, 0.4) is 0 Å². The fourth-order valence-corrected chi connectivity index (χ4v) is 1.73. The van der Waals surface area contributed by atoms with E-state index in [0.717, 1.165) is 6.07 Å². The summed E-state index contributed by atoms with van der Waals surface area (Å²) in [5, 5.41) is 13.2. The smallest absolute Gasteiger partial charge is 0.269 e. The number of halogens is 1. The summed E-state index contributed by atoms with van der Waals surface area (Å²) in [7, 11) is 0. The zero-order chi connectivity index (χ0) is 15.4. The Bertz CT molecular complexity index is 704. The van der Waals surface area contributed by atoms with Crippen molar-refractivity contribution in [2.24, 2.45) is 0 Å². The third kappa shape index (κ3) is 3.53. The van der Waals surface area contributed by atoms with Gasteiger partial charge < -0.3 is 11.1 Å². The van der Waals surface area contributed by atoms with Gasteiger partial charge in [0.2, 0.25) is 0 Å². The molecule has 0 saturated carbocycles. The van der Waals surface area contributed by atoms with Crippen LogP contribution in [-0.2, 0) is 6.54 Å². The first-order valence-corrected chi connectivity index (χ1v) is 6.04. The van der Waals surface area contributed by atoms with E-state index in [1.165, 1.54) is 30.3 Å². The summed E-state index contributed by atoms with van der Waals surface area (Å²) in [5.74, 6) is -1.15. The van der Waals surface area contributed by atoms with Crippen molar-refractivity contribution in [3.8, 4) is 0 Å². The summed E-state index contributed by atoms with van der Waals surface area (Å²) >= 11 is 0. The standard InChI is InChI=1S/C14H12FN3O3/c15-12-7-10(4-5-13(12)16)14(19)17-8-9-2-1-3-11(6-9)18(20)21/h1-7H,8,16H2,(H,17,19). The number of nitro benzene ring substituents is 1. The molecule has 0 saturated heterocycles. The molecule has 0 aliphatic carbocycles. The average molecular weight is 289 g/mol. The second-order valence-corrected chi connectivity index (χ2v) is 4.35. The number of carbonyl (C=O) groups is 1. The van der Waals surface area contributed by atoms with Crippen LogP contribution in [0.1, 0.15) is 15.9 Å². The first-order chi connectivity index (χ1) is 9.97. The predicted octanol–water partition coefficient (Wildman–Crippen LogP) is 2.25. The van der Waals surface area contributed by atoms with Crippen molar-refractivity contribution < 1.29 is 14.1 Å². The van der Waals surface area contributed by atoms with Crippen LogP contribution in [0.15, 0.2) is 42.5 Å². The first-order valence-electron chi connectivity index (χ1n) is 6.04. The van der Waals surface area contributed by atoms with Crippen LogP contribution in [0, 0.1) is 15.9 Å². The minimum atomic E-state index is -0.669. The molecule has 0 atom stereocenters. The molecule has 108 valence electrons. The van der Waals surface area contributed by atoms with Gasteiger partial charge in [0.1, 0.15) is 5.82 Å². The molecule has 7 heteroatoms. The molecule has 2 aromatic rings. The monoisotopic (exact) mass is 289 g/mol. The van der Waals surface area contributed by atoms with Crippen molar-refractivity contribution >= 4 is 17.3 Å². The minimum absolute atomic E-state index is 0.0368. The third-order valence-corrected chi connectivity index (χ3v) is 2.84. The van der Waals surface area contributed by atoms with E-state index < -0.39 is 16.6 Å². The zero-order valence-electron chi connectivity index (χ0n) is 10.9. The van der Waals surface area contributed by atoms with Crippen LogP contribution in [-0.4, -0.2) is 10.8 Å². The second-order valence-electron chi connectivity index (χ2n) is 4.35. The highest BCUT2D eigenvalue weighted by Crippen LogP contribution is 2.14. The number of hydrogen-bond acceptors (Lipinski definition) is 4. The Morgan fingerprint density at radius 2 is 2.05 bits per heavy atom. The van der Waals surface area contributed by atoms with Crippen molar-refractivity contribution in [2.45, 2.75) is 6.54 Å². The topological polar surface area (TPSA) is 98.3 Å². The molecule has 3 N–H and O–H groups in total. The highest BCUT2D eigenvalue weighted by molar-refractivity contribution is 5.94. The summed E-state index contributed by atoms with van der Waals surface area (Å²) < 4.78 is 13.3. The lowest BCUT2D eigenvalue weighted by Gasteiger charge is -2.06. The molecule has 0 radical (unpaired) electrons. The number of amides is 1. The van der Waals surface area contributed by atoms with Gasteiger partial charge in [0.05, 0.1) is 10.6 Å².